The molecule has 1 atom stereocenters. The quantitative estimate of drug-likeness (QED) is 0.724. The topological polar surface area (TPSA) is 79.5 Å². The first-order chi connectivity index (χ1) is 12.2. The number of amides is 1. The van der Waals surface area contributed by atoms with Crippen molar-refractivity contribution in [2.75, 3.05) is 6.61 Å². The van der Waals surface area contributed by atoms with Gasteiger partial charge in [-0.25, -0.2) is 0 Å². The molecule has 0 radical (unpaired) electrons. The van der Waals surface area contributed by atoms with E-state index < -0.39 is 5.91 Å². The van der Waals surface area contributed by atoms with Crippen LogP contribution in [0.3, 0.4) is 0 Å². The Labute approximate surface area is 144 Å². The lowest BCUT2D eigenvalue weighted by molar-refractivity contribution is 0.0905. The highest BCUT2D eigenvalue weighted by atomic mass is 16.3. The van der Waals surface area contributed by atoms with Gasteiger partial charge in [0.15, 0.2) is 11.2 Å². The summed E-state index contributed by atoms with van der Waals surface area (Å²) < 4.78 is 5.58. The first-order valence-corrected chi connectivity index (χ1v) is 8.18. The van der Waals surface area contributed by atoms with E-state index in [1.165, 1.54) is 6.07 Å². The zero-order chi connectivity index (χ0) is 17.6. The summed E-state index contributed by atoms with van der Waals surface area (Å²) in [5.41, 5.74) is 1.07. The molecule has 0 saturated heterocycles. The Morgan fingerprint density at radius 1 is 1.08 bits per heavy atom. The molecular formula is C20H19NO4. The average molecular weight is 337 g/mol. The monoisotopic (exact) mass is 337 g/mol. The molecule has 3 aromatic rings. The Morgan fingerprint density at radius 2 is 1.80 bits per heavy atom. The molecule has 25 heavy (non-hydrogen) atoms. The van der Waals surface area contributed by atoms with Crippen LogP contribution in [0, 0.1) is 0 Å². The van der Waals surface area contributed by atoms with Crippen LogP contribution in [0.1, 0.15) is 35.0 Å². The second-order valence-corrected chi connectivity index (χ2v) is 5.77. The van der Waals surface area contributed by atoms with Crippen molar-refractivity contribution < 1.29 is 14.3 Å². The SMILES string of the molecule is O=C(NC(CCCO)c1ccccc1)c1cc(=O)c2ccccc2o1. The van der Waals surface area contributed by atoms with Crippen molar-refractivity contribution in [3.63, 3.8) is 0 Å². The lowest BCUT2D eigenvalue weighted by atomic mass is 10.0. The summed E-state index contributed by atoms with van der Waals surface area (Å²) in [5.74, 6) is -0.469. The van der Waals surface area contributed by atoms with Crippen molar-refractivity contribution >= 4 is 16.9 Å². The first kappa shape index (κ1) is 16.9. The molecule has 1 aromatic heterocycles. The predicted octanol–water partition coefficient (Wildman–Crippen LogP) is 3.04. The number of para-hydroxylation sites is 1. The fraction of sp³-hybridized carbons (Fsp3) is 0.200. The van der Waals surface area contributed by atoms with E-state index in [4.69, 9.17) is 9.52 Å². The molecule has 2 aromatic carbocycles. The van der Waals surface area contributed by atoms with Crippen LogP contribution < -0.4 is 10.7 Å². The Balaban J connectivity index is 1.87. The van der Waals surface area contributed by atoms with Crippen LogP contribution in [-0.2, 0) is 0 Å². The molecule has 0 bridgehead atoms. The normalized spacial score (nSPS) is 12.0. The number of carbonyl (C=O) groups excluding carboxylic acids is 1. The maximum Gasteiger partial charge on any atom is 0.287 e. The van der Waals surface area contributed by atoms with Crippen LogP contribution in [-0.4, -0.2) is 17.6 Å². The van der Waals surface area contributed by atoms with E-state index >= 15 is 0 Å². The summed E-state index contributed by atoms with van der Waals surface area (Å²) in [6.45, 7) is 0.0459. The number of rotatable bonds is 6. The van der Waals surface area contributed by atoms with Crippen molar-refractivity contribution in [3.05, 3.63) is 82.2 Å². The smallest absolute Gasteiger partial charge is 0.287 e. The number of nitrogens with one attached hydrogen (secondary N) is 1. The molecule has 5 nitrogen and oxygen atoms in total. The van der Waals surface area contributed by atoms with Crippen LogP contribution in [0.5, 0.6) is 0 Å². The van der Waals surface area contributed by atoms with Gasteiger partial charge in [0, 0.05) is 12.7 Å². The molecule has 128 valence electrons. The van der Waals surface area contributed by atoms with Gasteiger partial charge in [-0.3, -0.25) is 9.59 Å². The van der Waals surface area contributed by atoms with E-state index in [9.17, 15) is 9.59 Å². The summed E-state index contributed by atoms with van der Waals surface area (Å²) in [5, 5.41) is 12.4. The van der Waals surface area contributed by atoms with E-state index in [-0.39, 0.29) is 23.8 Å². The second kappa shape index (κ2) is 7.77. The number of benzene rings is 2. The summed E-state index contributed by atoms with van der Waals surface area (Å²) in [6, 6.07) is 17.3. The molecule has 2 N–H and O–H groups in total. The van der Waals surface area contributed by atoms with Gasteiger partial charge in [0.1, 0.15) is 5.58 Å². The molecular weight excluding hydrogens is 318 g/mol. The van der Waals surface area contributed by atoms with Crippen molar-refractivity contribution in [1.29, 1.82) is 0 Å². The van der Waals surface area contributed by atoms with Crippen molar-refractivity contribution in [3.8, 4) is 0 Å². The van der Waals surface area contributed by atoms with Crippen molar-refractivity contribution in [1.82, 2.24) is 5.32 Å². The van der Waals surface area contributed by atoms with Crippen LogP contribution in [0.25, 0.3) is 11.0 Å². The summed E-state index contributed by atoms with van der Waals surface area (Å²) in [7, 11) is 0. The average Bonchev–Trinajstić information content (AvgIpc) is 2.65. The zero-order valence-electron chi connectivity index (χ0n) is 13.6. The predicted molar refractivity (Wildman–Crippen MR) is 95.5 cm³/mol. The van der Waals surface area contributed by atoms with E-state index in [1.54, 1.807) is 24.3 Å². The highest BCUT2D eigenvalue weighted by Gasteiger charge is 2.18. The highest BCUT2D eigenvalue weighted by molar-refractivity contribution is 5.93. The molecule has 0 aliphatic carbocycles. The van der Waals surface area contributed by atoms with E-state index in [0.717, 1.165) is 5.56 Å². The summed E-state index contributed by atoms with van der Waals surface area (Å²) in [6.07, 6.45) is 1.14. The van der Waals surface area contributed by atoms with Gasteiger partial charge < -0.3 is 14.8 Å². The minimum Gasteiger partial charge on any atom is -0.451 e. The van der Waals surface area contributed by atoms with Gasteiger partial charge in [0.25, 0.3) is 5.91 Å². The maximum atomic E-state index is 12.6. The Morgan fingerprint density at radius 3 is 2.56 bits per heavy atom. The van der Waals surface area contributed by atoms with Gasteiger partial charge >= 0.3 is 0 Å². The lowest BCUT2D eigenvalue weighted by Gasteiger charge is -2.18. The van der Waals surface area contributed by atoms with Crippen LogP contribution >= 0.6 is 0 Å². The number of aliphatic hydroxyl groups is 1. The molecule has 0 aliphatic rings. The van der Waals surface area contributed by atoms with Crippen LogP contribution in [0.4, 0.5) is 0 Å². The number of fused-ring (bicyclic) bond motifs is 1. The fourth-order valence-electron chi connectivity index (χ4n) is 2.75. The van der Waals surface area contributed by atoms with Gasteiger partial charge in [-0.1, -0.05) is 42.5 Å². The van der Waals surface area contributed by atoms with Crippen molar-refractivity contribution in [2.24, 2.45) is 0 Å². The second-order valence-electron chi connectivity index (χ2n) is 5.77. The molecule has 0 aliphatic heterocycles. The molecule has 1 heterocycles. The Kier molecular flexibility index (Phi) is 5.26. The van der Waals surface area contributed by atoms with Crippen LogP contribution in [0.15, 0.2) is 69.9 Å². The minimum atomic E-state index is -0.449. The van der Waals surface area contributed by atoms with E-state index in [0.29, 0.717) is 23.8 Å². The van der Waals surface area contributed by atoms with Gasteiger partial charge in [0.05, 0.1) is 11.4 Å². The lowest BCUT2D eigenvalue weighted by Crippen LogP contribution is -2.29. The van der Waals surface area contributed by atoms with Crippen molar-refractivity contribution in [2.45, 2.75) is 18.9 Å². The summed E-state index contributed by atoms with van der Waals surface area (Å²) >= 11 is 0. The molecule has 1 amide bonds. The molecule has 0 spiro atoms. The molecule has 5 heteroatoms. The number of hydrogen-bond acceptors (Lipinski definition) is 4. The number of aliphatic hydroxyl groups excluding tert-OH is 1. The third kappa shape index (κ3) is 3.95. The standard InChI is InChI=1S/C20H19NO4/c22-12-6-10-16(14-7-2-1-3-8-14)21-20(24)19-13-17(23)15-9-4-5-11-18(15)25-19/h1-5,7-9,11,13,16,22H,6,10,12H2,(H,21,24). The maximum absolute atomic E-state index is 12.6. The fourth-order valence-corrected chi connectivity index (χ4v) is 2.75. The first-order valence-electron chi connectivity index (χ1n) is 8.18. The van der Waals surface area contributed by atoms with E-state index in [1.807, 2.05) is 30.3 Å². The third-order valence-electron chi connectivity index (χ3n) is 4.02. The Hall–Kier alpha value is -2.92. The number of hydrogen-bond donors (Lipinski definition) is 2. The van der Waals surface area contributed by atoms with Gasteiger partial charge in [-0.2, -0.15) is 0 Å². The van der Waals surface area contributed by atoms with E-state index in [2.05, 4.69) is 5.32 Å². The molecule has 1 unspecified atom stereocenters. The molecule has 3 rings (SSSR count). The highest BCUT2D eigenvalue weighted by Crippen LogP contribution is 2.19. The summed E-state index contributed by atoms with van der Waals surface area (Å²) in [4.78, 5) is 24.7. The molecule has 0 fully saturated rings. The molecule has 0 saturated carbocycles. The van der Waals surface area contributed by atoms with Crippen LogP contribution in [0.2, 0.25) is 0 Å². The minimum absolute atomic E-state index is 0.0198. The largest absolute Gasteiger partial charge is 0.451 e. The van der Waals surface area contributed by atoms with Gasteiger partial charge in [0.2, 0.25) is 0 Å². The third-order valence-corrected chi connectivity index (χ3v) is 4.02. The number of carbonyl (C=O) groups is 1. The van der Waals surface area contributed by atoms with Gasteiger partial charge in [-0.05, 0) is 30.5 Å². The zero-order valence-corrected chi connectivity index (χ0v) is 13.6. The Bertz CT molecular complexity index is 918. The van der Waals surface area contributed by atoms with Gasteiger partial charge in [-0.15, -0.1) is 0 Å².